The van der Waals surface area contributed by atoms with Crippen molar-refractivity contribution in [2.45, 2.75) is 51.6 Å². The van der Waals surface area contributed by atoms with Crippen LogP contribution < -0.4 is 9.62 Å². The third-order valence-electron chi connectivity index (χ3n) is 6.19. The van der Waals surface area contributed by atoms with Gasteiger partial charge in [-0.15, -0.1) is 0 Å². The third kappa shape index (κ3) is 7.36. The number of carbonyl (C=O) groups is 2. The zero-order valence-corrected chi connectivity index (χ0v) is 23.7. The van der Waals surface area contributed by atoms with E-state index in [0.29, 0.717) is 17.3 Å². The average Bonchev–Trinajstić information content (AvgIpc) is 2.90. The average molecular weight is 556 g/mol. The highest BCUT2D eigenvalue weighted by Crippen LogP contribution is 2.26. The van der Waals surface area contributed by atoms with Crippen molar-refractivity contribution < 1.29 is 18.0 Å². The van der Waals surface area contributed by atoms with Crippen LogP contribution in [0.3, 0.4) is 0 Å². The van der Waals surface area contributed by atoms with E-state index in [2.05, 4.69) is 5.32 Å². The highest BCUT2D eigenvalue weighted by molar-refractivity contribution is 7.92. The van der Waals surface area contributed by atoms with Gasteiger partial charge in [-0.3, -0.25) is 13.9 Å². The van der Waals surface area contributed by atoms with E-state index >= 15 is 0 Å². The van der Waals surface area contributed by atoms with Gasteiger partial charge in [0.25, 0.3) is 10.0 Å². The summed E-state index contributed by atoms with van der Waals surface area (Å²) in [7, 11) is -4.11. The Kier molecular flexibility index (Phi) is 9.94. The van der Waals surface area contributed by atoms with E-state index < -0.39 is 28.5 Å². The van der Waals surface area contributed by atoms with Crippen molar-refractivity contribution in [1.82, 2.24) is 10.2 Å². The molecule has 0 heterocycles. The molecule has 3 aromatic carbocycles. The highest BCUT2D eigenvalue weighted by Gasteiger charge is 2.32. The number of hydrogen-bond acceptors (Lipinski definition) is 4. The third-order valence-corrected chi connectivity index (χ3v) is 8.23. The second-order valence-electron chi connectivity index (χ2n) is 9.28. The van der Waals surface area contributed by atoms with Gasteiger partial charge in [-0.1, -0.05) is 66.0 Å². The minimum absolute atomic E-state index is 0.0599. The van der Waals surface area contributed by atoms with Crippen molar-refractivity contribution in [2.75, 3.05) is 17.4 Å². The van der Waals surface area contributed by atoms with Crippen molar-refractivity contribution in [1.29, 1.82) is 0 Å². The number of carbonyl (C=O) groups excluding carboxylic acids is 2. The lowest BCUT2D eigenvalue weighted by Gasteiger charge is -2.32. The maximum Gasteiger partial charge on any atom is 0.264 e. The van der Waals surface area contributed by atoms with Crippen LogP contribution in [0.1, 0.15) is 37.0 Å². The molecule has 0 aliphatic carbocycles. The molecule has 0 unspecified atom stereocenters. The van der Waals surface area contributed by atoms with Gasteiger partial charge in [0.2, 0.25) is 11.8 Å². The molecule has 3 aromatic rings. The molecule has 38 heavy (non-hydrogen) atoms. The Labute approximate surface area is 230 Å². The van der Waals surface area contributed by atoms with Gasteiger partial charge in [0.1, 0.15) is 12.6 Å². The quantitative estimate of drug-likeness (QED) is 0.357. The lowest BCUT2D eigenvalue weighted by Crippen LogP contribution is -2.51. The molecule has 1 atom stereocenters. The normalized spacial score (nSPS) is 12.0. The first-order valence-electron chi connectivity index (χ1n) is 12.5. The van der Waals surface area contributed by atoms with Crippen LogP contribution in [0.2, 0.25) is 5.02 Å². The summed E-state index contributed by atoms with van der Waals surface area (Å²) in [4.78, 5) is 28.2. The van der Waals surface area contributed by atoms with Crippen LogP contribution in [-0.2, 0) is 26.2 Å². The van der Waals surface area contributed by atoms with E-state index in [-0.39, 0.29) is 17.3 Å². The number of amides is 2. The fourth-order valence-corrected chi connectivity index (χ4v) is 5.38. The second kappa shape index (κ2) is 12.9. The number of benzene rings is 3. The molecule has 0 spiro atoms. The molecular formula is C29H34ClN3O4S. The SMILES string of the molecule is CCCNC(=O)[C@@H](C)N(Cc1ccc(C)cc1)C(=O)CN(c1ccc(Cl)cc1)S(=O)(=O)c1ccc(C)cc1. The van der Waals surface area contributed by atoms with E-state index in [1.165, 1.54) is 17.0 Å². The second-order valence-corrected chi connectivity index (χ2v) is 11.6. The fourth-order valence-electron chi connectivity index (χ4n) is 3.84. The molecule has 2 amide bonds. The van der Waals surface area contributed by atoms with E-state index in [1.54, 1.807) is 43.3 Å². The predicted octanol–water partition coefficient (Wildman–Crippen LogP) is 5.10. The van der Waals surface area contributed by atoms with E-state index in [9.17, 15) is 18.0 Å². The molecule has 0 fully saturated rings. The number of nitrogens with zero attached hydrogens (tertiary/aromatic N) is 2. The van der Waals surface area contributed by atoms with Crippen LogP contribution in [0.4, 0.5) is 5.69 Å². The lowest BCUT2D eigenvalue weighted by atomic mass is 10.1. The van der Waals surface area contributed by atoms with Gasteiger partial charge in [0.05, 0.1) is 10.6 Å². The van der Waals surface area contributed by atoms with E-state index in [1.807, 2.05) is 45.0 Å². The van der Waals surface area contributed by atoms with Crippen LogP contribution in [-0.4, -0.2) is 44.3 Å². The summed E-state index contributed by atoms with van der Waals surface area (Å²) >= 11 is 6.05. The molecule has 3 rings (SSSR count). The fraction of sp³-hybridized carbons (Fsp3) is 0.310. The number of nitrogens with one attached hydrogen (secondary N) is 1. The molecule has 0 aliphatic rings. The Morgan fingerprint density at radius 1 is 0.895 bits per heavy atom. The maximum absolute atomic E-state index is 13.8. The first-order chi connectivity index (χ1) is 18.0. The molecule has 1 N–H and O–H groups in total. The summed E-state index contributed by atoms with van der Waals surface area (Å²) in [5, 5.41) is 3.28. The number of sulfonamides is 1. The minimum atomic E-state index is -4.11. The molecule has 202 valence electrons. The maximum atomic E-state index is 13.8. The monoisotopic (exact) mass is 555 g/mol. The highest BCUT2D eigenvalue weighted by atomic mass is 35.5. The van der Waals surface area contributed by atoms with Crippen LogP contribution >= 0.6 is 11.6 Å². The van der Waals surface area contributed by atoms with Crippen molar-refractivity contribution in [3.8, 4) is 0 Å². The molecule has 0 aromatic heterocycles. The molecule has 0 aliphatic heterocycles. The summed E-state index contributed by atoms with van der Waals surface area (Å²) in [6.07, 6.45) is 0.753. The molecule has 0 saturated heterocycles. The predicted molar refractivity (Wildman–Crippen MR) is 152 cm³/mol. The molecule has 7 nitrogen and oxygen atoms in total. The van der Waals surface area contributed by atoms with Gasteiger partial charge < -0.3 is 10.2 Å². The largest absolute Gasteiger partial charge is 0.354 e. The van der Waals surface area contributed by atoms with Gasteiger partial charge in [0, 0.05) is 18.1 Å². The Hall–Kier alpha value is -3.36. The summed E-state index contributed by atoms with van der Waals surface area (Å²) in [6, 6.07) is 19.6. The number of halogens is 1. The Morgan fingerprint density at radius 3 is 2.00 bits per heavy atom. The van der Waals surface area contributed by atoms with Gasteiger partial charge >= 0.3 is 0 Å². The zero-order valence-electron chi connectivity index (χ0n) is 22.1. The summed E-state index contributed by atoms with van der Waals surface area (Å²) in [5.41, 5.74) is 3.10. The minimum Gasteiger partial charge on any atom is -0.354 e. The topological polar surface area (TPSA) is 86.8 Å². The Bertz CT molecular complexity index is 1340. The van der Waals surface area contributed by atoms with Crippen molar-refractivity contribution >= 4 is 39.1 Å². The number of anilines is 1. The van der Waals surface area contributed by atoms with Crippen molar-refractivity contribution in [3.05, 3.63) is 94.5 Å². The van der Waals surface area contributed by atoms with Crippen LogP contribution in [0, 0.1) is 13.8 Å². The number of rotatable bonds is 11. The first kappa shape index (κ1) is 29.2. The lowest BCUT2D eigenvalue weighted by molar-refractivity contribution is -0.139. The van der Waals surface area contributed by atoms with Crippen molar-refractivity contribution in [2.24, 2.45) is 0 Å². The number of hydrogen-bond donors (Lipinski definition) is 1. The van der Waals surface area contributed by atoms with E-state index in [0.717, 1.165) is 27.4 Å². The van der Waals surface area contributed by atoms with Crippen LogP contribution in [0.5, 0.6) is 0 Å². The Morgan fingerprint density at radius 2 is 1.45 bits per heavy atom. The molecule has 0 radical (unpaired) electrons. The van der Waals surface area contributed by atoms with Gasteiger partial charge in [0.15, 0.2) is 0 Å². The molecule has 9 heteroatoms. The molecular weight excluding hydrogens is 522 g/mol. The molecule has 0 bridgehead atoms. The van der Waals surface area contributed by atoms with E-state index in [4.69, 9.17) is 11.6 Å². The Balaban J connectivity index is 2.00. The van der Waals surface area contributed by atoms with Crippen LogP contribution in [0.15, 0.2) is 77.7 Å². The summed E-state index contributed by atoms with van der Waals surface area (Å²) in [6.45, 7) is 7.57. The summed E-state index contributed by atoms with van der Waals surface area (Å²) in [5.74, 6) is -0.804. The summed E-state index contributed by atoms with van der Waals surface area (Å²) < 4.78 is 28.6. The number of aryl methyl sites for hydroxylation is 2. The molecule has 0 saturated carbocycles. The van der Waals surface area contributed by atoms with Crippen molar-refractivity contribution in [3.63, 3.8) is 0 Å². The first-order valence-corrected chi connectivity index (χ1v) is 14.3. The van der Waals surface area contributed by atoms with Gasteiger partial charge in [-0.25, -0.2) is 8.42 Å². The van der Waals surface area contributed by atoms with Gasteiger partial charge in [-0.2, -0.15) is 0 Å². The van der Waals surface area contributed by atoms with Gasteiger partial charge in [-0.05, 0) is 69.2 Å². The van der Waals surface area contributed by atoms with Crippen LogP contribution in [0.25, 0.3) is 0 Å². The standard InChI is InChI=1S/C29H34ClN3O4S/c1-5-18-31-29(35)23(4)32(19-24-10-6-21(2)7-11-24)28(34)20-33(26-14-12-25(30)13-15-26)38(36,37)27-16-8-22(3)9-17-27/h6-17,23H,5,18-20H2,1-4H3,(H,31,35)/t23-/m1/s1. The zero-order chi connectivity index (χ0) is 27.9. The smallest absolute Gasteiger partial charge is 0.264 e.